The molecule has 6 nitrogen and oxygen atoms in total. The molecule has 0 spiro atoms. The number of hydrogen-bond acceptors (Lipinski definition) is 6. The quantitative estimate of drug-likeness (QED) is 0.585. The molecule has 1 N–H and O–H groups in total. The zero-order valence-corrected chi connectivity index (χ0v) is 19.9. The van der Waals surface area contributed by atoms with Crippen molar-refractivity contribution in [2.24, 2.45) is 0 Å². The molecule has 0 fully saturated rings. The number of aromatic amines is 1. The molecule has 1 aliphatic rings. The molecule has 0 unspecified atom stereocenters. The fourth-order valence-corrected chi connectivity index (χ4v) is 5.99. The minimum Gasteiger partial charge on any atom is -0.378 e. The molecule has 0 saturated carbocycles. The van der Waals surface area contributed by atoms with Gasteiger partial charge in [-0.05, 0) is 48.9 Å². The van der Waals surface area contributed by atoms with Crippen molar-refractivity contribution in [3.05, 3.63) is 56.4 Å². The number of nitrogens with zero attached hydrogens (tertiary/aromatic N) is 3. The van der Waals surface area contributed by atoms with Crippen molar-refractivity contribution in [2.75, 3.05) is 31.8 Å². The molecule has 2 aromatic heterocycles. The minimum absolute atomic E-state index is 0.0374. The number of anilines is 1. The van der Waals surface area contributed by atoms with Crippen LogP contribution < -0.4 is 10.5 Å². The zero-order valence-electron chi connectivity index (χ0n) is 18.2. The summed E-state index contributed by atoms with van der Waals surface area (Å²) in [4.78, 5) is 38.7. The number of amides is 1. The first-order chi connectivity index (χ1) is 14.9. The Bertz CT molecular complexity index is 1130. The molecule has 0 saturated heterocycles. The van der Waals surface area contributed by atoms with Crippen LogP contribution in [0.4, 0.5) is 5.69 Å². The van der Waals surface area contributed by atoms with Crippen molar-refractivity contribution in [1.82, 2.24) is 14.9 Å². The van der Waals surface area contributed by atoms with Gasteiger partial charge in [0.15, 0.2) is 0 Å². The molecule has 0 atom stereocenters. The maximum atomic E-state index is 12.6. The van der Waals surface area contributed by atoms with E-state index in [4.69, 9.17) is 0 Å². The van der Waals surface area contributed by atoms with E-state index in [1.54, 1.807) is 16.2 Å². The number of aromatic nitrogens is 2. The van der Waals surface area contributed by atoms with Gasteiger partial charge in [-0.15, -0.1) is 23.1 Å². The number of fused-ring (bicyclic) bond motifs is 3. The number of carbonyl (C=O) groups is 1. The number of thiophene rings is 1. The first-order valence-electron chi connectivity index (χ1n) is 10.5. The minimum atomic E-state index is -0.0374. The SMILES string of the molecule is CN(Cc1ccc(N(C)C)cc1)C(=O)CSCc1nc2sc3c(c2c(=O)[nH]1)CCCC3. The zero-order chi connectivity index (χ0) is 22.0. The van der Waals surface area contributed by atoms with Crippen LogP contribution in [-0.2, 0) is 29.9 Å². The highest BCUT2D eigenvalue weighted by molar-refractivity contribution is 7.99. The van der Waals surface area contributed by atoms with Gasteiger partial charge in [0.05, 0.1) is 16.9 Å². The van der Waals surface area contributed by atoms with Gasteiger partial charge in [-0.1, -0.05) is 12.1 Å². The Balaban J connectivity index is 1.33. The van der Waals surface area contributed by atoms with Gasteiger partial charge in [-0.25, -0.2) is 4.98 Å². The summed E-state index contributed by atoms with van der Waals surface area (Å²) in [5.74, 6) is 1.59. The topological polar surface area (TPSA) is 69.3 Å². The normalized spacial score (nSPS) is 13.3. The third-order valence-corrected chi connectivity index (χ3v) is 7.75. The maximum absolute atomic E-state index is 12.6. The molecule has 0 radical (unpaired) electrons. The number of rotatable bonds is 7. The van der Waals surface area contributed by atoms with Gasteiger partial charge in [0.25, 0.3) is 5.56 Å². The van der Waals surface area contributed by atoms with Gasteiger partial charge in [-0.3, -0.25) is 9.59 Å². The Labute approximate surface area is 190 Å². The number of hydrogen-bond donors (Lipinski definition) is 1. The molecule has 31 heavy (non-hydrogen) atoms. The van der Waals surface area contributed by atoms with Crippen molar-refractivity contribution in [3.8, 4) is 0 Å². The van der Waals surface area contributed by atoms with Gasteiger partial charge >= 0.3 is 0 Å². The molecule has 2 heterocycles. The highest BCUT2D eigenvalue weighted by Crippen LogP contribution is 2.33. The van der Waals surface area contributed by atoms with Gasteiger partial charge < -0.3 is 14.8 Å². The van der Waals surface area contributed by atoms with Crippen LogP contribution in [0.5, 0.6) is 0 Å². The van der Waals surface area contributed by atoms with Crippen LogP contribution in [0.3, 0.4) is 0 Å². The van der Waals surface area contributed by atoms with E-state index in [9.17, 15) is 9.59 Å². The molecule has 4 rings (SSSR count). The molecule has 8 heteroatoms. The van der Waals surface area contributed by atoms with Crippen LogP contribution in [0.15, 0.2) is 29.1 Å². The lowest BCUT2D eigenvalue weighted by Gasteiger charge is -2.18. The maximum Gasteiger partial charge on any atom is 0.259 e. The largest absolute Gasteiger partial charge is 0.378 e. The number of aryl methyl sites for hydroxylation is 2. The molecule has 164 valence electrons. The van der Waals surface area contributed by atoms with Crippen LogP contribution in [0.25, 0.3) is 10.2 Å². The number of H-pyrrole nitrogens is 1. The Kier molecular flexibility index (Phi) is 6.67. The summed E-state index contributed by atoms with van der Waals surface area (Å²) in [5.41, 5.74) is 3.40. The Hall–Kier alpha value is -2.32. The average molecular weight is 457 g/mol. The van der Waals surface area contributed by atoms with Gasteiger partial charge in [0, 0.05) is 38.3 Å². The Morgan fingerprint density at radius 1 is 1.16 bits per heavy atom. The summed E-state index contributed by atoms with van der Waals surface area (Å²) < 4.78 is 0. The molecule has 0 aliphatic heterocycles. The van der Waals surface area contributed by atoms with Crippen molar-refractivity contribution in [3.63, 3.8) is 0 Å². The Morgan fingerprint density at radius 2 is 1.90 bits per heavy atom. The third-order valence-electron chi connectivity index (χ3n) is 5.64. The smallest absolute Gasteiger partial charge is 0.259 e. The predicted octanol–water partition coefficient (Wildman–Crippen LogP) is 3.82. The molecule has 1 aliphatic carbocycles. The van der Waals surface area contributed by atoms with Crippen LogP contribution in [0.1, 0.15) is 34.7 Å². The highest BCUT2D eigenvalue weighted by Gasteiger charge is 2.20. The lowest BCUT2D eigenvalue weighted by Crippen LogP contribution is -2.28. The number of carbonyl (C=O) groups excluding carboxylic acids is 1. The molecule has 3 aromatic rings. The average Bonchev–Trinajstić information content (AvgIpc) is 3.13. The summed E-state index contributed by atoms with van der Waals surface area (Å²) in [7, 11) is 5.84. The van der Waals surface area contributed by atoms with E-state index in [2.05, 4.69) is 39.1 Å². The van der Waals surface area contributed by atoms with Crippen LogP contribution >= 0.6 is 23.1 Å². The van der Waals surface area contributed by atoms with Gasteiger partial charge in [0.2, 0.25) is 5.91 Å². The second-order valence-corrected chi connectivity index (χ2v) is 10.3. The summed E-state index contributed by atoms with van der Waals surface area (Å²) in [6.45, 7) is 0.578. The number of nitrogens with one attached hydrogen (secondary N) is 1. The second kappa shape index (κ2) is 9.44. The molecule has 0 bridgehead atoms. The van der Waals surface area contributed by atoms with Crippen LogP contribution in [-0.4, -0.2) is 47.7 Å². The van der Waals surface area contributed by atoms with Crippen LogP contribution in [0, 0.1) is 0 Å². The summed E-state index contributed by atoms with van der Waals surface area (Å²) in [5, 5.41) is 0.782. The molecule has 1 aromatic carbocycles. The predicted molar refractivity (Wildman–Crippen MR) is 130 cm³/mol. The van der Waals surface area contributed by atoms with Crippen molar-refractivity contribution in [2.45, 2.75) is 38.0 Å². The van der Waals surface area contributed by atoms with E-state index < -0.39 is 0 Å². The lowest BCUT2D eigenvalue weighted by atomic mass is 9.97. The first-order valence-corrected chi connectivity index (χ1v) is 12.5. The van der Waals surface area contributed by atoms with Crippen molar-refractivity contribution < 1.29 is 4.79 Å². The summed E-state index contributed by atoms with van der Waals surface area (Å²) in [6, 6.07) is 8.22. The third kappa shape index (κ3) is 4.96. The van der Waals surface area contributed by atoms with Gasteiger partial charge in [0.1, 0.15) is 10.7 Å². The molecule has 1 amide bonds. The second-order valence-electron chi connectivity index (χ2n) is 8.21. The van der Waals surface area contributed by atoms with Crippen molar-refractivity contribution in [1.29, 1.82) is 0 Å². The van der Waals surface area contributed by atoms with Crippen LogP contribution in [0.2, 0.25) is 0 Å². The summed E-state index contributed by atoms with van der Waals surface area (Å²) >= 11 is 3.14. The fourth-order valence-electron chi connectivity index (χ4n) is 3.88. The standard InChI is InChI=1S/C23H28N4O2S2/c1-26(2)16-10-8-15(9-11-16)12-27(3)20(28)14-30-13-19-24-22(29)21-17-6-4-5-7-18(17)31-23(21)25-19/h8-11H,4-7,12-14H2,1-3H3,(H,24,25,29). The highest BCUT2D eigenvalue weighted by atomic mass is 32.2. The van der Waals surface area contributed by atoms with E-state index in [0.717, 1.165) is 40.7 Å². The monoisotopic (exact) mass is 456 g/mol. The van der Waals surface area contributed by atoms with E-state index in [1.165, 1.54) is 28.6 Å². The first kappa shape index (κ1) is 21.9. The van der Waals surface area contributed by atoms with E-state index in [-0.39, 0.29) is 11.5 Å². The van der Waals surface area contributed by atoms with Crippen molar-refractivity contribution >= 4 is 44.9 Å². The molecular weight excluding hydrogens is 428 g/mol. The molecular formula is C23H28N4O2S2. The van der Waals surface area contributed by atoms with Gasteiger partial charge in [-0.2, -0.15) is 0 Å². The fraction of sp³-hybridized carbons (Fsp3) is 0.435. The Morgan fingerprint density at radius 3 is 2.65 bits per heavy atom. The number of thioether (sulfide) groups is 1. The lowest BCUT2D eigenvalue weighted by molar-refractivity contribution is -0.127. The van der Waals surface area contributed by atoms with E-state index in [0.29, 0.717) is 23.9 Å². The van der Waals surface area contributed by atoms with E-state index >= 15 is 0 Å². The van der Waals surface area contributed by atoms with E-state index in [1.807, 2.05) is 21.1 Å². The number of benzene rings is 1. The summed E-state index contributed by atoms with van der Waals surface area (Å²) in [6.07, 6.45) is 4.37.